The second-order valence-electron chi connectivity index (χ2n) is 9.36. The van der Waals surface area contributed by atoms with Crippen molar-refractivity contribution in [2.24, 2.45) is 0 Å². The lowest BCUT2D eigenvalue weighted by molar-refractivity contribution is -0.153. The molecule has 4 aromatic rings. The lowest BCUT2D eigenvalue weighted by Gasteiger charge is -2.21. The third kappa shape index (κ3) is 5.62. The Morgan fingerprint density at radius 2 is 1.43 bits per heavy atom. The molecule has 7 heteroatoms. The third-order valence-corrected chi connectivity index (χ3v) is 5.58. The number of carbonyl (C=O) groups excluding carboxylic acids is 1. The maximum absolute atomic E-state index is 13.7. The van der Waals surface area contributed by atoms with Crippen molar-refractivity contribution in [3.63, 3.8) is 0 Å². The highest BCUT2D eigenvalue weighted by Gasteiger charge is 2.27. The van der Waals surface area contributed by atoms with Gasteiger partial charge in [-0.2, -0.15) is 5.10 Å². The molecule has 0 N–H and O–H groups in total. The van der Waals surface area contributed by atoms with E-state index in [-0.39, 0.29) is 24.0 Å². The van der Waals surface area contributed by atoms with Gasteiger partial charge in [0, 0.05) is 29.2 Å². The zero-order chi connectivity index (χ0) is 25.2. The molecule has 2 aromatic carbocycles. The molecule has 0 radical (unpaired) electrons. The Morgan fingerprint density at radius 3 is 1.91 bits per heavy atom. The summed E-state index contributed by atoms with van der Waals surface area (Å²) in [5.41, 5.74) is 3.83. The van der Waals surface area contributed by atoms with Crippen LogP contribution in [-0.2, 0) is 16.0 Å². The molecule has 4 rings (SSSR count). The zero-order valence-electron chi connectivity index (χ0n) is 20.1. The standard InChI is InChI=1S/C28H27F2N3O2/c1-18-24(17-25(34)35-28(2,3)4)26(19-13-15-31-16-14-19)32-33(18)27(20-5-9-22(29)10-6-20)21-7-11-23(30)12-8-21/h5-16,27H,17H2,1-4H3. The first-order chi connectivity index (χ1) is 16.6. The van der Waals surface area contributed by atoms with E-state index >= 15 is 0 Å². The smallest absolute Gasteiger partial charge is 0.310 e. The largest absolute Gasteiger partial charge is 0.460 e. The van der Waals surface area contributed by atoms with Crippen LogP contribution in [0.2, 0.25) is 0 Å². The van der Waals surface area contributed by atoms with E-state index in [1.54, 1.807) is 41.3 Å². The summed E-state index contributed by atoms with van der Waals surface area (Å²) in [7, 11) is 0. The maximum Gasteiger partial charge on any atom is 0.310 e. The minimum absolute atomic E-state index is 0.0281. The molecule has 0 unspecified atom stereocenters. The summed E-state index contributed by atoms with van der Waals surface area (Å²) in [6.45, 7) is 7.36. The Bertz CT molecular complexity index is 1260. The average molecular weight is 476 g/mol. The number of benzene rings is 2. The van der Waals surface area contributed by atoms with Gasteiger partial charge < -0.3 is 4.74 Å². The number of hydrogen-bond donors (Lipinski definition) is 0. The Labute approximate surface area is 203 Å². The van der Waals surface area contributed by atoms with Gasteiger partial charge in [0.05, 0.1) is 12.1 Å². The van der Waals surface area contributed by atoms with Crippen LogP contribution in [0.15, 0.2) is 73.1 Å². The van der Waals surface area contributed by atoms with Gasteiger partial charge in [0.25, 0.3) is 0 Å². The highest BCUT2D eigenvalue weighted by molar-refractivity contribution is 5.77. The van der Waals surface area contributed by atoms with Crippen LogP contribution in [0.3, 0.4) is 0 Å². The normalized spacial score (nSPS) is 11.6. The molecule has 0 fully saturated rings. The zero-order valence-corrected chi connectivity index (χ0v) is 20.1. The second-order valence-corrected chi connectivity index (χ2v) is 9.36. The number of esters is 1. The summed E-state index contributed by atoms with van der Waals surface area (Å²) in [6.07, 6.45) is 3.36. The van der Waals surface area contributed by atoms with Gasteiger partial charge in [-0.05, 0) is 75.2 Å². The lowest BCUT2D eigenvalue weighted by Crippen LogP contribution is -2.25. The van der Waals surface area contributed by atoms with E-state index in [0.29, 0.717) is 5.69 Å². The number of nitrogens with zero attached hydrogens (tertiary/aromatic N) is 3. The quantitative estimate of drug-likeness (QED) is 0.319. The van der Waals surface area contributed by atoms with Crippen LogP contribution in [0.5, 0.6) is 0 Å². The van der Waals surface area contributed by atoms with Crippen LogP contribution >= 0.6 is 0 Å². The Hall–Kier alpha value is -3.87. The van der Waals surface area contributed by atoms with Gasteiger partial charge in [-0.3, -0.25) is 14.5 Å². The van der Waals surface area contributed by atoms with E-state index in [2.05, 4.69) is 4.98 Å². The van der Waals surface area contributed by atoms with Crippen LogP contribution in [0, 0.1) is 18.6 Å². The van der Waals surface area contributed by atoms with E-state index in [4.69, 9.17) is 9.84 Å². The fourth-order valence-corrected chi connectivity index (χ4v) is 4.04. The summed E-state index contributed by atoms with van der Waals surface area (Å²) in [5, 5.41) is 4.92. The fraction of sp³-hybridized carbons (Fsp3) is 0.250. The highest BCUT2D eigenvalue weighted by Crippen LogP contribution is 2.33. The topological polar surface area (TPSA) is 57.0 Å². The molecule has 0 spiro atoms. The molecule has 0 atom stereocenters. The van der Waals surface area contributed by atoms with Crippen molar-refractivity contribution in [3.05, 3.63) is 107 Å². The van der Waals surface area contributed by atoms with Crippen molar-refractivity contribution < 1.29 is 18.3 Å². The first-order valence-electron chi connectivity index (χ1n) is 11.3. The van der Waals surface area contributed by atoms with Crippen LogP contribution in [-0.4, -0.2) is 26.3 Å². The molecule has 35 heavy (non-hydrogen) atoms. The van der Waals surface area contributed by atoms with Crippen molar-refractivity contribution >= 4 is 5.97 Å². The number of aromatic nitrogens is 3. The predicted molar refractivity (Wildman–Crippen MR) is 130 cm³/mol. The Kier molecular flexibility index (Phi) is 6.78. The van der Waals surface area contributed by atoms with Crippen LogP contribution in [0.1, 0.15) is 49.2 Å². The SMILES string of the molecule is Cc1c(CC(=O)OC(C)(C)C)c(-c2ccncc2)nn1C(c1ccc(F)cc1)c1ccc(F)cc1. The van der Waals surface area contributed by atoms with Crippen molar-refractivity contribution in [1.82, 2.24) is 14.8 Å². The Morgan fingerprint density at radius 1 is 0.914 bits per heavy atom. The molecule has 180 valence electrons. The van der Waals surface area contributed by atoms with Crippen molar-refractivity contribution in [2.75, 3.05) is 0 Å². The van der Waals surface area contributed by atoms with E-state index in [1.165, 1.54) is 24.3 Å². The van der Waals surface area contributed by atoms with Gasteiger partial charge in [0.1, 0.15) is 23.3 Å². The van der Waals surface area contributed by atoms with Gasteiger partial charge in [-0.15, -0.1) is 0 Å². The molecule has 2 heterocycles. The van der Waals surface area contributed by atoms with Crippen molar-refractivity contribution in [2.45, 2.75) is 45.8 Å². The van der Waals surface area contributed by atoms with Crippen LogP contribution in [0.4, 0.5) is 8.78 Å². The van der Waals surface area contributed by atoms with E-state index in [1.807, 2.05) is 39.8 Å². The molecule has 0 bridgehead atoms. The first-order valence-corrected chi connectivity index (χ1v) is 11.3. The molecular weight excluding hydrogens is 448 g/mol. The van der Waals surface area contributed by atoms with Gasteiger partial charge in [-0.25, -0.2) is 8.78 Å². The van der Waals surface area contributed by atoms with Crippen molar-refractivity contribution in [3.8, 4) is 11.3 Å². The molecule has 0 saturated carbocycles. The second kappa shape index (κ2) is 9.78. The van der Waals surface area contributed by atoms with Crippen LogP contribution < -0.4 is 0 Å². The minimum Gasteiger partial charge on any atom is -0.460 e. The first kappa shape index (κ1) is 24.3. The van der Waals surface area contributed by atoms with Gasteiger partial charge >= 0.3 is 5.97 Å². The molecule has 0 aliphatic rings. The van der Waals surface area contributed by atoms with E-state index in [0.717, 1.165) is 27.9 Å². The van der Waals surface area contributed by atoms with Crippen molar-refractivity contribution in [1.29, 1.82) is 0 Å². The molecular formula is C28H27F2N3O2. The summed E-state index contributed by atoms with van der Waals surface area (Å²) in [5.74, 6) is -1.07. The molecule has 0 aliphatic carbocycles. The molecule has 2 aromatic heterocycles. The lowest BCUT2D eigenvalue weighted by atomic mass is 9.98. The maximum atomic E-state index is 13.7. The molecule has 0 aliphatic heterocycles. The summed E-state index contributed by atoms with van der Waals surface area (Å²) >= 11 is 0. The number of rotatable bonds is 6. The van der Waals surface area contributed by atoms with E-state index in [9.17, 15) is 13.6 Å². The number of pyridine rings is 1. The highest BCUT2D eigenvalue weighted by atomic mass is 19.1. The molecule has 0 saturated heterocycles. The summed E-state index contributed by atoms with van der Waals surface area (Å²) < 4.78 is 34.8. The third-order valence-electron chi connectivity index (χ3n) is 5.58. The summed E-state index contributed by atoms with van der Waals surface area (Å²) in [6, 6.07) is 15.5. The summed E-state index contributed by atoms with van der Waals surface area (Å²) in [4.78, 5) is 16.9. The van der Waals surface area contributed by atoms with Gasteiger partial charge in [0.15, 0.2) is 0 Å². The average Bonchev–Trinajstić information content (AvgIpc) is 3.11. The fourth-order valence-electron chi connectivity index (χ4n) is 4.04. The molecule has 0 amide bonds. The Balaban J connectivity index is 1.89. The van der Waals surface area contributed by atoms with Gasteiger partial charge in [-0.1, -0.05) is 24.3 Å². The number of ether oxygens (including phenoxy) is 1. The number of halogens is 2. The van der Waals surface area contributed by atoms with Crippen LogP contribution in [0.25, 0.3) is 11.3 Å². The minimum atomic E-state index is -0.622. The predicted octanol–water partition coefficient (Wildman–Crippen LogP) is 6.05. The molecule has 5 nitrogen and oxygen atoms in total. The number of carbonyl (C=O) groups is 1. The van der Waals surface area contributed by atoms with Gasteiger partial charge in [0.2, 0.25) is 0 Å². The number of hydrogen-bond acceptors (Lipinski definition) is 4. The monoisotopic (exact) mass is 475 g/mol. The van der Waals surface area contributed by atoms with E-state index < -0.39 is 11.6 Å².